The molecule has 0 radical (unpaired) electrons. The molecule has 0 saturated heterocycles. The van der Waals surface area contributed by atoms with E-state index in [2.05, 4.69) is 26.0 Å². The third-order valence-electron chi connectivity index (χ3n) is 10.5. The van der Waals surface area contributed by atoms with Crippen LogP contribution in [0.4, 0.5) is 0 Å². The van der Waals surface area contributed by atoms with Gasteiger partial charge in [0.15, 0.2) is 11.2 Å². The Morgan fingerprint density at radius 3 is 1.88 bits per heavy atom. The molecule has 0 spiro atoms. The lowest BCUT2D eigenvalue weighted by Gasteiger charge is -2.41. The Kier molecular flexibility index (Phi) is 10.1. The summed E-state index contributed by atoms with van der Waals surface area (Å²) in [5.74, 6) is 0.990. The summed E-state index contributed by atoms with van der Waals surface area (Å²) in [4.78, 5) is 51.1. The van der Waals surface area contributed by atoms with Crippen molar-refractivity contribution in [1.82, 2.24) is 0 Å². The zero-order valence-electron chi connectivity index (χ0n) is 29.9. The first-order chi connectivity index (χ1) is 22.5. The van der Waals surface area contributed by atoms with E-state index in [1.807, 2.05) is 39.8 Å². The Balaban J connectivity index is 1.37. The summed E-state index contributed by atoms with van der Waals surface area (Å²) >= 11 is 0. The summed E-state index contributed by atoms with van der Waals surface area (Å²) in [7, 11) is 0. The van der Waals surface area contributed by atoms with Gasteiger partial charge in [-0.05, 0) is 104 Å². The van der Waals surface area contributed by atoms with E-state index in [9.17, 15) is 19.2 Å². The van der Waals surface area contributed by atoms with E-state index in [1.54, 1.807) is 26.0 Å². The lowest BCUT2D eigenvalue weighted by molar-refractivity contribution is -0.143. The SMILES string of the molecule is CC1=CC(=O)O[C@H](/C=C/C(C)CC[C@H]2CC[C@](CCC(C)/C=C/[C@@H]3CC(C)=CC(=O)O3)(C3=CC(=O)C(C)(C)O3)C3=C2OC(C)(C)C3=O)C1. The van der Waals surface area contributed by atoms with E-state index in [-0.39, 0.29) is 53.5 Å². The Labute approximate surface area is 285 Å². The number of Topliss-reactive ketones (excluding diaryl/α,β-unsaturated/α-hetero) is 1. The van der Waals surface area contributed by atoms with E-state index in [0.29, 0.717) is 37.0 Å². The topological polar surface area (TPSA) is 105 Å². The molecule has 2 unspecified atom stereocenters. The van der Waals surface area contributed by atoms with Crippen molar-refractivity contribution in [3.63, 3.8) is 0 Å². The van der Waals surface area contributed by atoms with Crippen LogP contribution in [0.1, 0.15) is 107 Å². The lowest BCUT2D eigenvalue weighted by atomic mass is 9.62. The van der Waals surface area contributed by atoms with Crippen LogP contribution >= 0.6 is 0 Å². The minimum atomic E-state index is -1.01. The lowest BCUT2D eigenvalue weighted by Crippen LogP contribution is -2.39. The summed E-state index contributed by atoms with van der Waals surface area (Å²) in [6.45, 7) is 15.4. The van der Waals surface area contributed by atoms with Crippen molar-refractivity contribution < 1.29 is 38.1 Å². The number of rotatable bonds is 11. The van der Waals surface area contributed by atoms with Crippen LogP contribution in [0.15, 0.2) is 70.8 Å². The molecule has 8 nitrogen and oxygen atoms in total. The molecule has 1 aliphatic carbocycles. The average molecular weight is 661 g/mol. The maximum atomic E-state index is 14.3. The number of ketones is 2. The summed E-state index contributed by atoms with van der Waals surface area (Å²) in [5, 5.41) is 0. The van der Waals surface area contributed by atoms with Crippen LogP contribution in [0.2, 0.25) is 0 Å². The number of hydrogen-bond donors (Lipinski definition) is 0. The number of hydrogen-bond acceptors (Lipinski definition) is 8. The van der Waals surface area contributed by atoms with Crippen LogP contribution in [-0.4, -0.2) is 46.9 Å². The third kappa shape index (κ3) is 7.63. The van der Waals surface area contributed by atoms with Gasteiger partial charge < -0.3 is 18.9 Å². The molecular formula is C40H52O8. The maximum absolute atomic E-state index is 14.3. The van der Waals surface area contributed by atoms with Gasteiger partial charge in [0.1, 0.15) is 23.7 Å². The van der Waals surface area contributed by atoms with Gasteiger partial charge in [-0.2, -0.15) is 0 Å². The van der Waals surface area contributed by atoms with Crippen molar-refractivity contribution in [2.45, 2.75) is 130 Å². The molecule has 4 heterocycles. The molecule has 0 saturated carbocycles. The Morgan fingerprint density at radius 1 is 0.792 bits per heavy atom. The van der Waals surface area contributed by atoms with Gasteiger partial charge in [-0.1, -0.05) is 37.1 Å². The van der Waals surface area contributed by atoms with Crippen LogP contribution in [0.3, 0.4) is 0 Å². The van der Waals surface area contributed by atoms with Gasteiger partial charge in [-0.3, -0.25) is 9.59 Å². The smallest absolute Gasteiger partial charge is 0.331 e. The molecule has 5 rings (SSSR count). The van der Waals surface area contributed by atoms with Crippen molar-refractivity contribution in [2.75, 3.05) is 0 Å². The second-order valence-corrected chi connectivity index (χ2v) is 15.7. The average Bonchev–Trinajstić information content (AvgIpc) is 3.41. The molecule has 0 amide bonds. The van der Waals surface area contributed by atoms with Crippen LogP contribution in [-0.2, 0) is 38.1 Å². The first-order valence-electron chi connectivity index (χ1n) is 17.6. The van der Waals surface area contributed by atoms with Crippen molar-refractivity contribution in [1.29, 1.82) is 0 Å². The summed E-state index contributed by atoms with van der Waals surface area (Å²) in [5.41, 5.74) is -0.109. The molecule has 0 bridgehead atoms. The highest BCUT2D eigenvalue weighted by Gasteiger charge is 2.58. The molecule has 0 aromatic rings. The number of ether oxygens (including phenoxy) is 4. The molecule has 0 N–H and O–H groups in total. The Morgan fingerprint density at radius 2 is 1.35 bits per heavy atom. The quantitative estimate of drug-likeness (QED) is 0.164. The molecule has 8 heteroatoms. The summed E-state index contributed by atoms with van der Waals surface area (Å²) < 4.78 is 23.9. The highest BCUT2D eigenvalue weighted by Crippen LogP contribution is 2.59. The predicted molar refractivity (Wildman–Crippen MR) is 182 cm³/mol. The van der Waals surface area contributed by atoms with Crippen LogP contribution in [0.5, 0.6) is 0 Å². The fraction of sp³-hybridized carbons (Fsp3) is 0.600. The fourth-order valence-corrected chi connectivity index (χ4v) is 7.56. The number of carbonyl (C=O) groups excluding carboxylic acids is 4. The minimum absolute atomic E-state index is 0.0427. The maximum Gasteiger partial charge on any atom is 0.331 e. The monoisotopic (exact) mass is 660 g/mol. The standard InChI is InChI=1S/C40H52O8/c1-24(10-13-29-19-26(3)21-33(42)45-29)9-12-28-16-18-40(32-23-31(41)38(5,6)47-32,35-36(28)48-39(7,8)37(35)44)17-15-25(2)11-14-30-20-27(4)22-34(43)46-30/h10-11,13-14,21-25,28-30H,9,12,15-20H2,1-8H3/b13-10+,14-11+/t24?,25?,28-,29+,30+,40+/m0/s1. The van der Waals surface area contributed by atoms with Gasteiger partial charge in [0.2, 0.25) is 11.6 Å². The summed E-state index contributed by atoms with van der Waals surface area (Å²) in [6.07, 6.45) is 18.2. The number of cyclic esters (lactones) is 2. The Hall–Kier alpha value is -3.68. The first-order valence-corrected chi connectivity index (χ1v) is 17.6. The molecule has 0 aromatic heterocycles. The van der Waals surface area contributed by atoms with Gasteiger partial charge in [0.05, 0.1) is 11.0 Å². The zero-order valence-corrected chi connectivity index (χ0v) is 29.9. The van der Waals surface area contributed by atoms with E-state index in [0.717, 1.165) is 42.6 Å². The number of esters is 2. The first kappa shape index (κ1) is 35.6. The molecule has 260 valence electrons. The van der Waals surface area contributed by atoms with Gasteiger partial charge >= 0.3 is 11.9 Å². The normalized spacial score (nSPS) is 31.1. The number of carbonyl (C=O) groups is 4. The van der Waals surface area contributed by atoms with Crippen LogP contribution in [0, 0.1) is 23.2 Å². The second-order valence-electron chi connectivity index (χ2n) is 15.7. The van der Waals surface area contributed by atoms with Gasteiger partial charge in [0, 0.05) is 37.0 Å². The summed E-state index contributed by atoms with van der Waals surface area (Å²) in [6, 6.07) is 0. The van der Waals surface area contributed by atoms with Crippen molar-refractivity contribution in [3.05, 3.63) is 70.8 Å². The predicted octanol–water partition coefficient (Wildman–Crippen LogP) is 7.75. The van der Waals surface area contributed by atoms with Gasteiger partial charge in [0.25, 0.3) is 0 Å². The van der Waals surface area contributed by atoms with Crippen LogP contribution < -0.4 is 0 Å². The largest absolute Gasteiger partial charge is 0.483 e. The Bertz CT molecular complexity index is 1530. The van der Waals surface area contributed by atoms with E-state index >= 15 is 0 Å². The molecular weight excluding hydrogens is 608 g/mol. The van der Waals surface area contributed by atoms with E-state index in [1.165, 1.54) is 6.08 Å². The van der Waals surface area contributed by atoms with E-state index in [4.69, 9.17) is 18.9 Å². The minimum Gasteiger partial charge on any atom is -0.483 e. The van der Waals surface area contributed by atoms with Crippen molar-refractivity contribution >= 4 is 23.5 Å². The highest BCUT2D eigenvalue weighted by atomic mass is 16.5. The molecule has 5 aliphatic rings. The molecule has 0 fully saturated rings. The second kappa shape index (κ2) is 13.7. The molecule has 6 atom stereocenters. The zero-order chi connectivity index (χ0) is 35.0. The van der Waals surface area contributed by atoms with Crippen molar-refractivity contribution in [2.24, 2.45) is 23.2 Å². The molecule has 4 aliphatic heterocycles. The fourth-order valence-electron chi connectivity index (χ4n) is 7.56. The van der Waals surface area contributed by atoms with E-state index < -0.39 is 16.6 Å². The third-order valence-corrected chi connectivity index (χ3v) is 10.5. The van der Waals surface area contributed by atoms with Crippen LogP contribution in [0.25, 0.3) is 0 Å². The van der Waals surface area contributed by atoms with Crippen molar-refractivity contribution in [3.8, 4) is 0 Å². The van der Waals surface area contributed by atoms with Gasteiger partial charge in [-0.15, -0.1) is 0 Å². The molecule has 48 heavy (non-hydrogen) atoms. The van der Waals surface area contributed by atoms with Gasteiger partial charge in [-0.25, -0.2) is 9.59 Å². The number of allylic oxidation sites excluding steroid dienone is 4. The molecule has 0 aromatic carbocycles. The highest BCUT2D eigenvalue weighted by molar-refractivity contribution is 6.06.